The van der Waals surface area contributed by atoms with E-state index >= 15 is 0 Å². The van der Waals surface area contributed by atoms with Crippen LogP contribution in [0.5, 0.6) is 0 Å². The number of hydrogen-bond donors (Lipinski definition) is 3. The Balaban J connectivity index is 1.16. The van der Waals surface area contributed by atoms with Gasteiger partial charge >= 0.3 is 0 Å². The van der Waals surface area contributed by atoms with Crippen LogP contribution in [0, 0.1) is 0 Å². The van der Waals surface area contributed by atoms with Crippen molar-refractivity contribution in [3.05, 3.63) is 94.1 Å². The van der Waals surface area contributed by atoms with Crippen molar-refractivity contribution >= 4 is 47.0 Å². The number of anilines is 1. The molecule has 2 aromatic carbocycles. The topological polar surface area (TPSA) is 134 Å². The molecule has 1 unspecified atom stereocenters. The zero-order valence-electron chi connectivity index (χ0n) is 29.4. The summed E-state index contributed by atoms with van der Waals surface area (Å²) >= 11 is 1.64. The molecule has 0 aliphatic carbocycles. The van der Waals surface area contributed by atoms with Crippen LogP contribution in [-0.4, -0.2) is 72.5 Å². The van der Waals surface area contributed by atoms with Gasteiger partial charge in [-0.25, -0.2) is 0 Å². The highest BCUT2D eigenvalue weighted by atomic mass is 32.2. The summed E-state index contributed by atoms with van der Waals surface area (Å²) < 4.78 is 5.70. The first-order valence-corrected chi connectivity index (χ1v) is 18.2. The van der Waals surface area contributed by atoms with E-state index in [2.05, 4.69) is 61.9 Å². The molecule has 0 saturated carbocycles. The summed E-state index contributed by atoms with van der Waals surface area (Å²) in [6.07, 6.45) is 11.3. The third kappa shape index (κ3) is 10.8. The van der Waals surface area contributed by atoms with E-state index in [1.807, 2.05) is 24.3 Å². The molecule has 1 saturated heterocycles. The molecular formula is C39H48N4O6S. The molecule has 0 radical (unpaired) electrons. The van der Waals surface area contributed by atoms with E-state index in [1.165, 1.54) is 16.7 Å². The molecule has 2 aliphatic heterocycles. The van der Waals surface area contributed by atoms with Gasteiger partial charge in [0.25, 0.3) is 17.7 Å². The summed E-state index contributed by atoms with van der Waals surface area (Å²) in [4.78, 5) is 65.0. The number of amides is 5. The van der Waals surface area contributed by atoms with Crippen LogP contribution in [0.15, 0.2) is 82.3 Å². The number of nitrogens with zero attached hydrogens (tertiary/aromatic N) is 1. The first kappa shape index (κ1) is 38.3. The number of rotatable bonds is 18. The summed E-state index contributed by atoms with van der Waals surface area (Å²) in [6.45, 7) is 9.89. The maximum Gasteiger partial charge on any atom is 0.264 e. The zero-order valence-corrected chi connectivity index (χ0v) is 30.3. The minimum Gasteiger partial charge on any atom is -0.382 e. The summed E-state index contributed by atoms with van der Waals surface area (Å²) in [5.74, 6) is -1.56. The number of nitrogens with one attached hydrogen (secondary N) is 3. The van der Waals surface area contributed by atoms with E-state index in [0.29, 0.717) is 37.6 Å². The number of piperidine rings is 1. The molecule has 266 valence electrons. The number of imide groups is 2. The SMILES string of the molecule is CC(C)=CCCC(C)=CCCC(C)=CCSc1ccccc1C(=O)NCCOCCNc1cccc2c1C(=O)N(C1CCC(=O)NC1=O)C2=O. The van der Waals surface area contributed by atoms with Gasteiger partial charge in [0.05, 0.1) is 29.9 Å². The maximum absolute atomic E-state index is 13.2. The molecule has 2 aromatic rings. The van der Waals surface area contributed by atoms with Gasteiger partial charge in [0.1, 0.15) is 6.04 Å². The van der Waals surface area contributed by atoms with Crippen LogP contribution in [0.3, 0.4) is 0 Å². The van der Waals surface area contributed by atoms with Gasteiger partial charge in [-0.15, -0.1) is 11.8 Å². The minimum atomic E-state index is -1.02. The Morgan fingerprint density at radius 3 is 2.38 bits per heavy atom. The Morgan fingerprint density at radius 1 is 0.900 bits per heavy atom. The molecule has 1 atom stereocenters. The van der Waals surface area contributed by atoms with Gasteiger partial charge in [-0.1, -0.05) is 53.1 Å². The summed E-state index contributed by atoms with van der Waals surface area (Å²) in [5.41, 5.74) is 5.63. The highest BCUT2D eigenvalue weighted by Crippen LogP contribution is 2.32. The number of thioether (sulfide) groups is 1. The second-order valence-corrected chi connectivity index (χ2v) is 13.8. The fourth-order valence-electron chi connectivity index (χ4n) is 5.75. The highest BCUT2D eigenvalue weighted by molar-refractivity contribution is 7.99. The molecular weight excluding hydrogens is 653 g/mol. The van der Waals surface area contributed by atoms with Crippen molar-refractivity contribution in [1.29, 1.82) is 0 Å². The second-order valence-electron chi connectivity index (χ2n) is 12.7. The third-order valence-electron chi connectivity index (χ3n) is 8.49. The molecule has 3 N–H and O–H groups in total. The lowest BCUT2D eigenvalue weighted by molar-refractivity contribution is -0.136. The molecule has 1 fully saturated rings. The predicted molar refractivity (Wildman–Crippen MR) is 197 cm³/mol. The molecule has 5 amide bonds. The van der Waals surface area contributed by atoms with Gasteiger partial charge in [0.2, 0.25) is 11.8 Å². The monoisotopic (exact) mass is 700 g/mol. The lowest BCUT2D eigenvalue weighted by atomic mass is 10.0. The molecule has 2 aliphatic rings. The number of ether oxygens (including phenoxy) is 1. The van der Waals surface area contributed by atoms with Gasteiger partial charge < -0.3 is 15.4 Å². The second kappa shape index (κ2) is 19.1. The molecule has 0 bridgehead atoms. The summed E-state index contributed by atoms with van der Waals surface area (Å²) in [7, 11) is 0. The van der Waals surface area contributed by atoms with Crippen molar-refractivity contribution in [2.24, 2.45) is 0 Å². The molecule has 0 spiro atoms. The van der Waals surface area contributed by atoms with E-state index in [-0.39, 0.29) is 29.9 Å². The van der Waals surface area contributed by atoms with Crippen LogP contribution in [0.4, 0.5) is 5.69 Å². The Bertz CT molecular complexity index is 1680. The van der Waals surface area contributed by atoms with Crippen molar-refractivity contribution in [3.63, 3.8) is 0 Å². The Morgan fingerprint density at radius 2 is 1.62 bits per heavy atom. The molecule has 4 rings (SSSR count). The molecule has 10 nitrogen and oxygen atoms in total. The molecule has 0 aromatic heterocycles. The quantitative estimate of drug-likeness (QED) is 0.0699. The van der Waals surface area contributed by atoms with Gasteiger partial charge in [-0.05, 0) is 84.1 Å². The predicted octanol–water partition coefficient (Wildman–Crippen LogP) is 6.46. The Labute approximate surface area is 299 Å². The van der Waals surface area contributed by atoms with E-state index in [9.17, 15) is 24.0 Å². The average Bonchev–Trinajstić information content (AvgIpc) is 3.33. The largest absolute Gasteiger partial charge is 0.382 e. The fourth-order valence-corrected chi connectivity index (χ4v) is 6.79. The fraction of sp³-hybridized carbons (Fsp3) is 0.410. The third-order valence-corrected chi connectivity index (χ3v) is 9.49. The van der Waals surface area contributed by atoms with Crippen molar-refractivity contribution in [3.8, 4) is 0 Å². The van der Waals surface area contributed by atoms with Gasteiger partial charge in [-0.3, -0.25) is 34.2 Å². The lowest BCUT2D eigenvalue weighted by Gasteiger charge is -2.27. The highest BCUT2D eigenvalue weighted by Gasteiger charge is 2.45. The van der Waals surface area contributed by atoms with E-state index in [0.717, 1.165) is 41.2 Å². The maximum atomic E-state index is 13.2. The zero-order chi connectivity index (χ0) is 36.0. The minimum absolute atomic E-state index is 0.0612. The van der Waals surface area contributed by atoms with Crippen LogP contribution >= 0.6 is 11.8 Å². The van der Waals surface area contributed by atoms with Gasteiger partial charge in [0.15, 0.2) is 0 Å². The van der Waals surface area contributed by atoms with Crippen LogP contribution in [0.1, 0.15) is 97.3 Å². The van der Waals surface area contributed by atoms with Gasteiger partial charge in [0, 0.05) is 35.8 Å². The average molecular weight is 701 g/mol. The van der Waals surface area contributed by atoms with Crippen molar-refractivity contribution < 1.29 is 28.7 Å². The lowest BCUT2D eigenvalue weighted by Crippen LogP contribution is -2.54. The first-order valence-electron chi connectivity index (χ1n) is 17.2. The van der Waals surface area contributed by atoms with E-state index in [4.69, 9.17) is 4.74 Å². The number of carbonyl (C=O) groups excluding carboxylic acids is 5. The smallest absolute Gasteiger partial charge is 0.264 e. The van der Waals surface area contributed by atoms with Gasteiger partial charge in [-0.2, -0.15) is 0 Å². The number of carbonyl (C=O) groups is 5. The summed E-state index contributed by atoms with van der Waals surface area (Å²) in [6, 6.07) is 11.5. The van der Waals surface area contributed by atoms with Crippen molar-refractivity contribution in [2.75, 3.05) is 37.4 Å². The molecule has 11 heteroatoms. The summed E-state index contributed by atoms with van der Waals surface area (Å²) in [5, 5.41) is 8.28. The van der Waals surface area contributed by atoms with Crippen molar-refractivity contribution in [1.82, 2.24) is 15.5 Å². The van der Waals surface area contributed by atoms with E-state index < -0.39 is 29.7 Å². The normalized spacial score (nSPS) is 16.3. The van der Waals surface area contributed by atoms with Crippen LogP contribution in [0.25, 0.3) is 0 Å². The molecule has 50 heavy (non-hydrogen) atoms. The van der Waals surface area contributed by atoms with Crippen LogP contribution < -0.4 is 16.0 Å². The van der Waals surface area contributed by atoms with E-state index in [1.54, 1.807) is 30.0 Å². The number of fused-ring (bicyclic) bond motifs is 1. The first-order chi connectivity index (χ1) is 24.1. The molecule has 2 heterocycles. The number of allylic oxidation sites excluding steroid dienone is 5. The van der Waals surface area contributed by atoms with Crippen LogP contribution in [-0.2, 0) is 14.3 Å². The van der Waals surface area contributed by atoms with Crippen molar-refractivity contribution in [2.45, 2.75) is 77.2 Å². The Hall–Kier alpha value is -4.48. The van der Waals surface area contributed by atoms with Crippen LogP contribution in [0.2, 0.25) is 0 Å². The standard InChI is InChI=1S/C39H48N4O6S/c1-26(2)10-7-11-27(3)12-8-13-28(4)20-25-50-33-17-6-5-14-29(33)36(45)41-22-24-49-23-21-40-31-16-9-15-30-35(31)39(48)43(38(30)47)32-18-19-34(44)42-37(32)46/h5-6,9-10,12,14-17,20,32,40H,7-8,11,13,18-19,21-25H2,1-4H3,(H,41,45)(H,42,44,46). The number of hydrogen-bond acceptors (Lipinski definition) is 8. The number of benzene rings is 2. The Kier molecular flexibility index (Phi) is 14.6.